The van der Waals surface area contributed by atoms with Crippen LogP contribution in [0.4, 0.5) is 5.69 Å². The predicted octanol–water partition coefficient (Wildman–Crippen LogP) is 2.81. The Balaban J connectivity index is 1.74. The van der Waals surface area contributed by atoms with E-state index in [4.69, 9.17) is 23.7 Å². The SMILES string of the molecule is CCOC(=O)C1C2COc3cc(OC)ccc3C2N2C(=O)c3cc(OC)c(OC)cc3NC(=O)[C@@]12C. The summed E-state index contributed by atoms with van der Waals surface area (Å²) in [6.07, 6.45) is 0. The molecule has 1 saturated heterocycles. The summed E-state index contributed by atoms with van der Waals surface area (Å²) in [5.41, 5.74) is -0.354. The van der Waals surface area contributed by atoms with Crippen molar-refractivity contribution in [3.05, 3.63) is 41.5 Å². The molecule has 1 N–H and O–H groups in total. The van der Waals surface area contributed by atoms with Gasteiger partial charge < -0.3 is 33.9 Å². The van der Waals surface area contributed by atoms with Crippen LogP contribution in [0.3, 0.4) is 0 Å². The Morgan fingerprint density at radius 1 is 1.11 bits per heavy atom. The van der Waals surface area contributed by atoms with Crippen molar-refractivity contribution >= 4 is 23.5 Å². The summed E-state index contributed by atoms with van der Waals surface area (Å²) in [5.74, 6) is -1.10. The standard InChI is InChI=1S/C26H28N2O8/c1-6-35-24(30)21-16-12-36-18-9-13(32-3)7-8-14(18)22(16)28-23(29)15-10-19(33-4)20(34-5)11-17(15)27-25(31)26(21,28)2/h7-11,16,21-22H,6,12H2,1-5H3,(H,27,31)/t16?,21?,22?,26-/m1/s1. The summed E-state index contributed by atoms with van der Waals surface area (Å²) in [6.45, 7) is 3.58. The molecule has 0 saturated carbocycles. The number of benzene rings is 2. The van der Waals surface area contributed by atoms with E-state index in [1.165, 1.54) is 19.1 Å². The molecule has 1 fully saturated rings. The third-order valence-electron chi connectivity index (χ3n) is 7.41. The molecule has 0 spiro atoms. The molecule has 0 bridgehead atoms. The van der Waals surface area contributed by atoms with Gasteiger partial charge in [0, 0.05) is 23.6 Å². The van der Waals surface area contributed by atoms with E-state index in [0.717, 1.165) is 0 Å². The minimum Gasteiger partial charge on any atom is -0.497 e. The van der Waals surface area contributed by atoms with Gasteiger partial charge in [-0.2, -0.15) is 0 Å². The van der Waals surface area contributed by atoms with Crippen molar-refractivity contribution < 1.29 is 38.1 Å². The molecule has 5 rings (SSSR count). The summed E-state index contributed by atoms with van der Waals surface area (Å²) < 4.78 is 27.6. The lowest BCUT2D eigenvalue weighted by atomic mass is 9.77. The summed E-state index contributed by atoms with van der Waals surface area (Å²) >= 11 is 0. The number of fused-ring (bicyclic) bond motifs is 6. The van der Waals surface area contributed by atoms with Gasteiger partial charge in [-0.1, -0.05) is 0 Å². The number of methoxy groups -OCH3 is 3. The highest BCUT2D eigenvalue weighted by molar-refractivity contribution is 6.14. The van der Waals surface area contributed by atoms with E-state index in [2.05, 4.69) is 5.32 Å². The molecule has 10 nitrogen and oxygen atoms in total. The highest BCUT2D eigenvalue weighted by Gasteiger charge is 2.67. The Morgan fingerprint density at radius 3 is 2.50 bits per heavy atom. The van der Waals surface area contributed by atoms with Gasteiger partial charge in [0.15, 0.2) is 11.5 Å². The maximum atomic E-state index is 14.3. The van der Waals surface area contributed by atoms with Crippen LogP contribution in [0.25, 0.3) is 0 Å². The van der Waals surface area contributed by atoms with Crippen LogP contribution in [-0.4, -0.2) is 62.8 Å². The lowest BCUT2D eigenvalue weighted by Gasteiger charge is -2.38. The van der Waals surface area contributed by atoms with Crippen molar-refractivity contribution in [2.45, 2.75) is 25.4 Å². The van der Waals surface area contributed by atoms with Gasteiger partial charge >= 0.3 is 5.97 Å². The topological polar surface area (TPSA) is 113 Å². The number of esters is 1. The maximum absolute atomic E-state index is 14.3. The van der Waals surface area contributed by atoms with Gasteiger partial charge in [-0.25, -0.2) is 0 Å². The van der Waals surface area contributed by atoms with E-state index in [-0.39, 0.29) is 24.5 Å². The van der Waals surface area contributed by atoms with Gasteiger partial charge in [-0.3, -0.25) is 14.4 Å². The van der Waals surface area contributed by atoms with Crippen LogP contribution in [0.15, 0.2) is 30.3 Å². The molecule has 190 valence electrons. The number of hydrogen-bond donors (Lipinski definition) is 1. The van der Waals surface area contributed by atoms with Crippen molar-refractivity contribution in [2.24, 2.45) is 11.8 Å². The fourth-order valence-electron chi connectivity index (χ4n) is 5.75. The second kappa shape index (κ2) is 8.61. The van der Waals surface area contributed by atoms with Gasteiger partial charge in [0.25, 0.3) is 11.8 Å². The monoisotopic (exact) mass is 496 g/mol. The van der Waals surface area contributed by atoms with Gasteiger partial charge in [0.1, 0.15) is 17.0 Å². The van der Waals surface area contributed by atoms with Crippen LogP contribution in [0.1, 0.15) is 35.8 Å². The fraction of sp³-hybridized carbons (Fsp3) is 0.423. The van der Waals surface area contributed by atoms with E-state index in [0.29, 0.717) is 28.6 Å². The van der Waals surface area contributed by atoms with E-state index in [1.54, 1.807) is 45.2 Å². The Bertz CT molecular complexity index is 1260. The molecule has 10 heteroatoms. The van der Waals surface area contributed by atoms with Crippen LogP contribution < -0.4 is 24.3 Å². The number of rotatable bonds is 5. The highest BCUT2D eigenvalue weighted by Crippen LogP contribution is 2.57. The van der Waals surface area contributed by atoms with Crippen LogP contribution in [-0.2, 0) is 14.3 Å². The Morgan fingerprint density at radius 2 is 1.83 bits per heavy atom. The molecule has 0 aliphatic carbocycles. The number of anilines is 1. The predicted molar refractivity (Wildman–Crippen MR) is 128 cm³/mol. The maximum Gasteiger partial charge on any atom is 0.312 e. The van der Waals surface area contributed by atoms with Gasteiger partial charge in [0.2, 0.25) is 0 Å². The lowest BCUT2D eigenvalue weighted by Crippen LogP contribution is -2.57. The van der Waals surface area contributed by atoms with Crippen LogP contribution in [0.2, 0.25) is 0 Å². The minimum atomic E-state index is -1.55. The second-order valence-corrected chi connectivity index (χ2v) is 9.08. The van der Waals surface area contributed by atoms with Crippen LogP contribution in [0, 0.1) is 11.8 Å². The van der Waals surface area contributed by atoms with E-state index in [1.807, 2.05) is 6.07 Å². The number of nitrogens with zero attached hydrogens (tertiary/aromatic N) is 1. The molecule has 3 heterocycles. The zero-order valence-electron chi connectivity index (χ0n) is 20.7. The van der Waals surface area contributed by atoms with Gasteiger partial charge in [0.05, 0.1) is 57.8 Å². The average molecular weight is 497 g/mol. The first kappa shape index (κ1) is 23.8. The fourth-order valence-corrected chi connectivity index (χ4v) is 5.75. The summed E-state index contributed by atoms with van der Waals surface area (Å²) in [7, 11) is 4.50. The van der Waals surface area contributed by atoms with Crippen molar-refractivity contribution in [1.29, 1.82) is 0 Å². The van der Waals surface area contributed by atoms with Crippen molar-refractivity contribution in [1.82, 2.24) is 4.90 Å². The highest BCUT2D eigenvalue weighted by atomic mass is 16.5. The third kappa shape index (κ3) is 3.20. The van der Waals surface area contributed by atoms with Crippen molar-refractivity contribution in [3.8, 4) is 23.0 Å². The second-order valence-electron chi connectivity index (χ2n) is 9.08. The van der Waals surface area contributed by atoms with Crippen LogP contribution in [0.5, 0.6) is 23.0 Å². The first-order valence-corrected chi connectivity index (χ1v) is 11.7. The largest absolute Gasteiger partial charge is 0.497 e. The van der Waals surface area contributed by atoms with Crippen molar-refractivity contribution in [3.63, 3.8) is 0 Å². The van der Waals surface area contributed by atoms with E-state index < -0.39 is 41.2 Å². The summed E-state index contributed by atoms with van der Waals surface area (Å²) in [6, 6.07) is 7.80. The van der Waals surface area contributed by atoms with E-state index in [9.17, 15) is 14.4 Å². The molecule has 3 aliphatic rings. The number of hydrogen-bond acceptors (Lipinski definition) is 8. The zero-order valence-corrected chi connectivity index (χ0v) is 20.7. The Kier molecular flexibility index (Phi) is 5.69. The van der Waals surface area contributed by atoms with Gasteiger partial charge in [-0.05, 0) is 32.0 Å². The molecular weight excluding hydrogens is 468 g/mol. The average Bonchev–Trinajstić information content (AvgIpc) is 3.13. The molecule has 2 aromatic rings. The summed E-state index contributed by atoms with van der Waals surface area (Å²) in [4.78, 5) is 43.0. The van der Waals surface area contributed by atoms with Crippen LogP contribution >= 0.6 is 0 Å². The van der Waals surface area contributed by atoms with Crippen molar-refractivity contribution in [2.75, 3.05) is 39.9 Å². The number of carbonyl (C=O) groups is 3. The quantitative estimate of drug-likeness (QED) is 0.629. The smallest absolute Gasteiger partial charge is 0.312 e. The normalized spacial score (nSPS) is 25.8. The molecule has 3 aliphatic heterocycles. The number of carbonyl (C=O) groups excluding carboxylic acids is 3. The molecule has 4 atom stereocenters. The molecule has 0 aromatic heterocycles. The van der Waals surface area contributed by atoms with E-state index >= 15 is 0 Å². The minimum absolute atomic E-state index is 0.125. The molecule has 2 aromatic carbocycles. The third-order valence-corrected chi connectivity index (χ3v) is 7.41. The molecular formula is C26H28N2O8. The first-order valence-electron chi connectivity index (χ1n) is 11.7. The number of nitrogens with one attached hydrogen (secondary N) is 1. The zero-order chi connectivity index (χ0) is 25.8. The number of amides is 2. The van der Waals surface area contributed by atoms with Gasteiger partial charge in [-0.15, -0.1) is 0 Å². The Hall–Kier alpha value is -3.95. The number of ether oxygens (including phenoxy) is 5. The summed E-state index contributed by atoms with van der Waals surface area (Å²) in [5, 5.41) is 2.86. The molecule has 2 amide bonds. The molecule has 3 unspecified atom stereocenters. The molecule has 36 heavy (non-hydrogen) atoms. The molecule has 0 radical (unpaired) electrons. The Labute approximate surface area is 208 Å². The lowest BCUT2D eigenvalue weighted by molar-refractivity contribution is -0.155. The first-order chi connectivity index (χ1) is 17.3.